The average molecular weight is 417 g/mol. The van der Waals surface area contributed by atoms with E-state index in [0.717, 1.165) is 20.9 Å². The van der Waals surface area contributed by atoms with Crippen LogP contribution in [0.3, 0.4) is 0 Å². The van der Waals surface area contributed by atoms with Gasteiger partial charge in [-0.05, 0) is 47.2 Å². The highest BCUT2D eigenvalue weighted by Gasteiger charge is 2.17. The predicted molar refractivity (Wildman–Crippen MR) is 115 cm³/mol. The molecule has 2 aromatic rings. The Hall–Kier alpha value is -2.67. The first-order valence-corrected chi connectivity index (χ1v) is 10.3. The highest BCUT2D eigenvalue weighted by molar-refractivity contribution is 7.99. The minimum atomic E-state index is -0.537. The number of nitrogens with one attached hydrogen (secondary N) is 2. The van der Waals surface area contributed by atoms with E-state index in [1.165, 1.54) is 25.9 Å². The number of rotatable bonds is 6. The van der Waals surface area contributed by atoms with Crippen molar-refractivity contribution in [3.05, 3.63) is 47.5 Å². The monoisotopic (exact) mass is 416 g/mol. The van der Waals surface area contributed by atoms with Crippen molar-refractivity contribution >= 4 is 23.9 Å². The quantitative estimate of drug-likeness (QED) is 0.648. The molecule has 29 heavy (non-hydrogen) atoms. The predicted octanol–water partition coefficient (Wildman–Crippen LogP) is 5.52. The fourth-order valence-electron chi connectivity index (χ4n) is 2.52. The summed E-state index contributed by atoms with van der Waals surface area (Å²) in [6.07, 6.45) is -1.07. The number of hydrogen-bond donors (Lipinski definition) is 2. The minimum Gasteiger partial charge on any atom is -0.409 e. The van der Waals surface area contributed by atoms with Gasteiger partial charge in [-0.25, -0.2) is 9.59 Å². The van der Waals surface area contributed by atoms with E-state index in [4.69, 9.17) is 9.47 Å². The fraction of sp³-hybridized carbons (Fsp3) is 0.364. The van der Waals surface area contributed by atoms with Crippen LogP contribution in [-0.4, -0.2) is 26.3 Å². The molecular weight excluding hydrogens is 388 g/mol. The van der Waals surface area contributed by atoms with E-state index in [-0.39, 0.29) is 0 Å². The van der Waals surface area contributed by atoms with Crippen LogP contribution in [0.15, 0.2) is 46.2 Å². The van der Waals surface area contributed by atoms with Crippen LogP contribution in [0.25, 0.3) is 0 Å². The molecule has 156 valence electrons. The van der Waals surface area contributed by atoms with Gasteiger partial charge >= 0.3 is 12.2 Å². The first-order valence-electron chi connectivity index (χ1n) is 9.50. The van der Waals surface area contributed by atoms with Gasteiger partial charge in [0.15, 0.2) is 0 Å². The van der Waals surface area contributed by atoms with Gasteiger partial charge in [0.25, 0.3) is 0 Å². The lowest BCUT2D eigenvalue weighted by atomic mass is 10.0. The minimum absolute atomic E-state index is 0.290. The molecule has 0 aromatic heterocycles. The van der Waals surface area contributed by atoms with Crippen LogP contribution in [-0.2, 0) is 0 Å². The van der Waals surface area contributed by atoms with Crippen LogP contribution in [0, 0.1) is 0 Å². The Balaban J connectivity index is 2.45. The third kappa shape index (κ3) is 6.15. The molecule has 0 aliphatic heterocycles. The molecule has 0 heterocycles. The highest BCUT2D eigenvalue weighted by atomic mass is 32.2. The Morgan fingerprint density at radius 2 is 1.14 bits per heavy atom. The van der Waals surface area contributed by atoms with Crippen molar-refractivity contribution in [3.63, 3.8) is 0 Å². The number of carbonyl (C=O) groups excluding carboxylic acids is 2. The van der Waals surface area contributed by atoms with Crippen molar-refractivity contribution in [2.24, 2.45) is 0 Å². The van der Waals surface area contributed by atoms with E-state index in [0.29, 0.717) is 23.3 Å². The van der Waals surface area contributed by atoms with E-state index < -0.39 is 12.2 Å². The van der Waals surface area contributed by atoms with Gasteiger partial charge in [-0.1, -0.05) is 51.6 Å². The number of amides is 2. The van der Waals surface area contributed by atoms with Crippen LogP contribution in [0.4, 0.5) is 9.59 Å². The number of carbonyl (C=O) groups is 2. The van der Waals surface area contributed by atoms with Crippen LogP contribution < -0.4 is 20.1 Å². The molecule has 0 saturated carbocycles. The summed E-state index contributed by atoms with van der Waals surface area (Å²) < 4.78 is 10.9. The van der Waals surface area contributed by atoms with Gasteiger partial charge in [0.1, 0.15) is 11.5 Å². The topological polar surface area (TPSA) is 76.7 Å². The molecule has 0 fully saturated rings. The van der Waals surface area contributed by atoms with Gasteiger partial charge in [0.05, 0.1) is 9.79 Å². The van der Waals surface area contributed by atoms with E-state index >= 15 is 0 Å². The van der Waals surface area contributed by atoms with Gasteiger partial charge in [0, 0.05) is 14.1 Å². The normalized spacial score (nSPS) is 10.8. The SMILES string of the molecule is CNC(=O)Oc1cc(C(C)C)ccc1Sc1ccc(C(C)C)cc1OC(=O)NC. The van der Waals surface area contributed by atoms with Crippen LogP contribution in [0.5, 0.6) is 11.5 Å². The first-order chi connectivity index (χ1) is 13.7. The molecule has 0 unspecified atom stereocenters. The Labute approximate surface area is 176 Å². The summed E-state index contributed by atoms with van der Waals surface area (Å²) in [6, 6.07) is 11.6. The van der Waals surface area contributed by atoms with Crippen molar-refractivity contribution < 1.29 is 19.1 Å². The zero-order valence-electron chi connectivity index (χ0n) is 17.7. The molecule has 2 aromatic carbocycles. The Morgan fingerprint density at radius 3 is 1.45 bits per heavy atom. The molecule has 0 radical (unpaired) electrons. The summed E-state index contributed by atoms with van der Waals surface area (Å²) in [7, 11) is 3.03. The second-order valence-electron chi connectivity index (χ2n) is 7.10. The maximum absolute atomic E-state index is 11.8. The number of ether oxygens (including phenoxy) is 2. The Kier molecular flexibility index (Phi) is 7.96. The number of benzene rings is 2. The summed E-state index contributed by atoms with van der Waals surface area (Å²) in [5.41, 5.74) is 2.12. The zero-order chi connectivity index (χ0) is 21.6. The lowest BCUT2D eigenvalue weighted by Crippen LogP contribution is -2.22. The smallest absolute Gasteiger partial charge is 0.409 e. The summed E-state index contributed by atoms with van der Waals surface area (Å²) in [6.45, 7) is 8.30. The van der Waals surface area contributed by atoms with E-state index in [9.17, 15) is 9.59 Å². The molecule has 0 bridgehead atoms. The molecule has 2 rings (SSSR count). The molecule has 2 N–H and O–H groups in total. The van der Waals surface area contributed by atoms with Gasteiger partial charge in [-0.3, -0.25) is 0 Å². The average Bonchev–Trinajstić information content (AvgIpc) is 2.69. The molecule has 2 amide bonds. The molecular formula is C22H28N2O4S. The van der Waals surface area contributed by atoms with E-state index in [1.54, 1.807) is 0 Å². The molecule has 0 atom stereocenters. The van der Waals surface area contributed by atoms with Gasteiger partial charge < -0.3 is 20.1 Å². The summed E-state index contributed by atoms with van der Waals surface area (Å²) in [4.78, 5) is 25.1. The summed E-state index contributed by atoms with van der Waals surface area (Å²) >= 11 is 1.38. The molecule has 0 saturated heterocycles. The van der Waals surface area contributed by atoms with Gasteiger partial charge in [0.2, 0.25) is 0 Å². The lowest BCUT2D eigenvalue weighted by Gasteiger charge is -2.16. The second kappa shape index (κ2) is 10.2. The lowest BCUT2D eigenvalue weighted by molar-refractivity contribution is 0.201. The van der Waals surface area contributed by atoms with E-state index in [2.05, 4.69) is 38.3 Å². The van der Waals surface area contributed by atoms with Crippen molar-refractivity contribution in [1.29, 1.82) is 0 Å². The largest absolute Gasteiger partial charge is 0.412 e. The Morgan fingerprint density at radius 1 is 0.759 bits per heavy atom. The number of hydrogen-bond acceptors (Lipinski definition) is 5. The first kappa shape index (κ1) is 22.6. The molecule has 0 spiro atoms. The third-order valence-electron chi connectivity index (χ3n) is 4.30. The summed E-state index contributed by atoms with van der Waals surface area (Å²) in [5.74, 6) is 1.50. The maximum Gasteiger partial charge on any atom is 0.412 e. The third-order valence-corrected chi connectivity index (χ3v) is 5.42. The maximum atomic E-state index is 11.8. The van der Waals surface area contributed by atoms with Crippen molar-refractivity contribution in [1.82, 2.24) is 10.6 Å². The second-order valence-corrected chi connectivity index (χ2v) is 8.19. The molecule has 6 nitrogen and oxygen atoms in total. The molecule has 0 aliphatic carbocycles. The highest BCUT2D eigenvalue weighted by Crippen LogP contribution is 2.41. The van der Waals surface area contributed by atoms with Crippen LogP contribution in [0.2, 0.25) is 0 Å². The molecule has 0 aliphatic rings. The van der Waals surface area contributed by atoms with E-state index in [1.807, 2.05) is 36.4 Å². The standard InChI is InChI=1S/C22H28N2O4S/c1-13(2)15-7-9-19(17(11-15)27-21(25)23-5)29-20-10-8-16(14(3)4)12-18(20)28-22(26)24-6/h7-14H,1-6H3,(H,23,25)(H,24,26). The summed E-state index contributed by atoms with van der Waals surface area (Å²) in [5, 5.41) is 4.94. The molecule has 7 heteroatoms. The Bertz CT molecular complexity index is 810. The zero-order valence-corrected chi connectivity index (χ0v) is 18.5. The van der Waals surface area contributed by atoms with Gasteiger partial charge in [-0.15, -0.1) is 0 Å². The van der Waals surface area contributed by atoms with Crippen molar-refractivity contribution in [2.45, 2.75) is 49.3 Å². The van der Waals surface area contributed by atoms with Crippen molar-refractivity contribution in [2.75, 3.05) is 14.1 Å². The van der Waals surface area contributed by atoms with Crippen LogP contribution >= 0.6 is 11.8 Å². The van der Waals surface area contributed by atoms with Gasteiger partial charge in [-0.2, -0.15) is 0 Å². The fourth-order valence-corrected chi connectivity index (χ4v) is 3.43. The van der Waals surface area contributed by atoms with Crippen molar-refractivity contribution in [3.8, 4) is 11.5 Å². The van der Waals surface area contributed by atoms with Crippen LogP contribution in [0.1, 0.15) is 50.7 Å².